The van der Waals surface area contributed by atoms with Crippen molar-refractivity contribution in [2.75, 3.05) is 0 Å². The van der Waals surface area contributed by atoms with E-state index in [-0.39, 0.29) is 5.41 Å². The number of nitrogens with zero attached hydrogens (tertiary/aromatic N) is 1. The molecule has 0 amide bonds. The molecule has 2 atom stereocenters. The van der Waals surface area contributed by atoms with Gasteiger partial charge in [0.05, 0.1) is 5.51 Å². The molecule has 0 saturated heterocycles. The van der Waals surface area contributed by atoms with Crippen LogP contribution in [0.5, 0.6) is 0 Å². The highest BCUT2D eigenvalue weighted by atomic mass is 32.1. The minimum atomic E-state index is -0.00704. The summed E-state index contributed by atoms with van der Waals surface area (Å²) in [6, 6.07) is 0. The number of thiazole rings is 1. The first-order valence-corrected chi connectivity index (χ1v) is 8.69. The zero-order chi connectivity index (χ0) is 14.0. The van der Waals surface area contributed by atoms with E-state index < -0.39 is 0 Å². The van der Waals surface area contributed by atoms with E-state index in [1.165, 1.54) is 19.3 Å². The fourth-order valence-corrected chi connectivity index (χ4v) is 7.03. The fourth-order valence-electron chi connectivity index (χ4n) is 6.43. The van der Waals surface area contributed by atoms with Crippen LogP contribution in [0.15, 0.2) is 11.7 Å². The number of rotatable bonds is 3. The van der Waals surface area contributed by atoms with Crippen molar-refractivity contribution >= 4 is 17.1 Å². The van der Waals surface area contributed by atoms with E-state index >= 15 is 0 Å². The summed E-state index contributed by atoms with van der Waals surface area (Å²) in [6.45, 7) is 4.87. The van der Waals surface area contributed by atoms with E-state index in [1.807, 2.05) is 11.7 Å². The monoisotopic (exact) mass is 289 g/mol. The van der Waals surface area contributed by atoms with Gasteiger partial charge in [0, 0.05) is 22.9 Å². The molecule has 2 nitrogen and oxygen atoms in total. The first kappa shape index (κ1) is 13.0. The molecule has 4 aliphatic carbocycles. The third-order valence-electron chi connectivity index (χ3n) is 6.04. The van der Waals surface area contributed by atoms with Gasteiger partial charge in [-0.2, -0.15) is 0 Å². The fraction of sp³-hybridized carbons (Fsp3) is 0.765. The summed E-state index contributed by atoms with van der Waals surface area (Å²) in [4.78, 5) is 18.3. The van der Waals surface area contributed by atoms with E-state index in [0.717, 1.165) is 30.1 Å². The Bertz CT molecular complexity index is 531. The molecular weight excluding hydrogens is 266 g/mol. The summed E-state index contributed by atoms with van der Waals surface area (Å²) in [5.74, 6) is 1.30. The molecular formula is C17H23NOS. The first-order chi connectivity index (χ1) is 9.41. The van der Waals surface area contributed by atoms with Crippen LogP contribution in [0.3, 0.4) is 0 Å². The lowest BCUT2D eigenvalue weighted by Gasteiger charge is -2.64. The maximum absolute atomic E-state index is 13.0. The van der Waals surface area contributed by atoms with Crippen LogP contribution in [0.25, 0.3) is 0 Å². The molecule has 20 heavy (non-hydrogen) atoms. The van der Waals surface area contributed by atoms with Gasteiger partial charge in [0.25, 0.3) is 0 Å². The van der Waals surface area contributed by atoms with Gasteiger partial charge in [-0.1, -0.05) is 13.8 Å². The van der Waals surface area contributed by atoms with Crippen LogP contribution >= 0.6 is 11.3 Å². The molecule has 108 valence electrons. The van der Waals surface area contributed by atoms with Crippen molar-refractivity contribution in [2.24, 2.45) is 22.2 Å². The Kier molecular flexibility index (Phi) is 2.56. The highest BCUT2D eigenvalue weighted by molar-refractivity contribution is 7.09. The van der Waals surface area contributed by atoms with Crippen LogP contribution in [0.1, 0.15) is 57.2 Å². The second-order valence-corrected chi connectivity index (χ2v) is 9.45. The third kappa shape index (κ3) is 1.89. The summed E-state index contributed by atoms with van der Waals surface area (Å²) in [5.41, 5.74) is 2.69. The number of carbonyl (C=O) groups excluding carboxylic acids is 1. The van der Waals surface area contributed by atoms with Gasteiger partial charge in [-0.05, 0) is 55.3 Å². The summed E-state index contributed by atoms with van der Waals surface area (Å²) in [7, 11) is 0. The molecule has 4 aliphatic rings. The number of Topliss-reactive ketones (excluding diaryl/α,β-unsaturated/α-hetero) is 1. The largest absolute Gasteiger partial charge is 0.299 e. The highest BCUT2D eigenvalue weighted by Crippen LogP contribution is 2.69. The van der Waals surface area contributed by atoms with Crippen LogP contribution in [0.2, 0.25) is 0 Å². The summed E-state index contributed by atoms with van der Waals surface area (Å²) in [5, 5.41) is 0. The number of hydrogen-bond acceptors (Lipinski definition) is 3. The maximum atomic E-state index is 13.0. The Balaban J connectivity index is 1.65. The Labute approximate surface area is 125 Å². The SMILES string of the molecule is CC12CC3CC(C)(C1)CC(C(=O)Cc1cncs1)(C3)C2. The standard InChI is InChI=1S/C17H23NOS/c1-15-4-12-5-16(2,8-15)10-17(6-12,9-15)14(19)3-13-7-18-11-20-13/h7,11-12H,3-6,8-10H2,1-2H3. The molecule has 0 aliphatic heterocycles. The van der Waals surface area contributed by atoms with Crippen LogP contribution in [-0.4, -0.2) is 10.8 Å². The van der Waals surface area contributed by atoms with Crippen molar-refractivity contribution in [3.05, 3.63) is 16.6 Å². The third-order valence-corrected chi connectivity index (χ3v) is 6.82. The van der Waals surface area contributed by atoms with E-state index in [4.69, 9.17) is 0 Å². The zero-order valence-electron chi connectivity index (χ0n) is 12.4. The molecule has 5 rings (SSSR count). The van der Waals surface area contributed by atoms with E-state index in [2.05, 4.69) is 18.8 Å². The lowest BCUT2D eigenvalue weighted by molar-refractivity contribution is -0.167. The molecule has 0 radical (unpaired) electrons. The molecule has 4 fully saturated rings. The predicted octanol–water partition coefficient (Wildman–Crippen LogP) is 4.25. The molecule has 0 aromatic carbocycles. The summed E-state index contributed by atoms with van der Waals surface area (Å²) in [6.07, 6.45) is 9.99. The average molecular weight is 289 g/mol. The number of aromatic nitrogens is 1. The van der Waals surface area contributed by atoms with Gasteiger partial charge in [0.1, 0.15) is 5.78 Å². The van der Waals surface area contributed by atoms with Gasteiger partial charge in [-0.3, -0.25) is 9.78 Å². The van der Waals surface area contributed by atoms with Crippen molar-refractivity contribution < 1.29 is 4.79 Å². The van der Waals surface area contributed by atoms with Gasteiger partial charge in [-0.25, -0.2) is 0 Å². The number of ketones is 1. The van der Waals surface area contributed by atoms with Crippen LogP contribution in [0.4, 0.5) is 0 Å². The second-order valence-electron chi connectivity index (χ2n) is 8.48. The number of carbonyl (C=O) groups is 1. The molecule has 1 heterocycles. The Morgan fingerprint density at radius 3 is 2.50 bits per heavy atom. The van der Waals surface area contributed by atoms with Crippen molar-refractivity contribution in [1.82, 2.24) is 4.98 Å². The van der Waals surface area contributed by atoms with Gasteiger partial charge < -0.3 is 0 Å². The summed E-state index contributed by atoms with van der Waals surface area (Å²) >= 11 is 1.62. The van der Waals surface area contributed by atoms with E-state index in [1.54, 1.807) is 11.3 Å². The minimum Gasteiger partial charge on any atom is -0.299 e. The van der Waals surface area contributed by atoms with Crippen molar-refractivity contribution in [1.29, 1.82) is 0 Å². The molecule has 0 N–H and O–H groups in total. The van der Waals surface area contributed by atoms with Crippen LogP contribution < -0.4 is 0 Å². The van der Waals surface area contributed by atoms with Gasteiger partial charge in [-0.15, -0.1) is 11.3 Å². The lowest BCUT2D eigenvalue weighted by Crippen LogP contribution is -2.57. The molecule has 1 aromatic heterocycles. The second kappa shape index (κ2) is 3.94. The van der Waals surface area contributed by atoms with Gasteiger partial charge >= 0.3 is 0 Å². The molecule has 2 unspecified atom stereocenters. The van der Waals surface area contributed by atoms with Gasteiger partial charge in [0.15, 0.2) is 0 Å². The van der Waals surface area contributed by atoms with Crippen molar-refractivity contribution in [2.45, 2.75) is 58.8 Å². The van der Waals surface area contributed by atoms with Crippen LogP contribution in [0, 0.1) is 22.2 Å². The van der Waals surface area contributed by atoms with Crippen molar-refractivity contribution in [3.63, 3.8) is 0 Å². The van der Waals surface area contributed by atoms with E-state index in [0.29, 0.717) is 23.0 Å². The topological polar surface area (TPSA) is 30.0 Å². The molecule has 1 aromatic rings. The predicted molar refractivity (Wildman–Crippen MR) is 80.7 cm³/mol. The quantitative estimate of drug-likeness (QED) is 0.832. The van der Waals surface area contributed by atoms with Crippen LogP contribution in [-0.2, 0) is 11.2 Å². The van der Waals surface area contributed by atoms with E-state index in [9.17, 15) is 4.79 Å². The average Bonchev–Trinajstić information content (AvgIpc) is 2.76. The Morgan fingerprint density at radius 1 is 1.25 bits per heavy atom. The zero-order valence-corrected chi connectivity index (χ0v) is 13.3. The summed E-state index contributed by atoms with van der Waals surface area (Å²) < 4.78 is 0. The Hall–Kier alpha value is -0.700. The molecule has 4 bridgehead atoms. The lowest BCUT2D eigenvalue weighted by atomic mass is 9.39. The molecule has 0 spiro atoms. The minimum absolute atomic E-state index is 0.00704. The first-order valence-electron chi connectivity index (χ1n) is 7.81. The molecule has 3 heteroatoms. The smallest absolute Gasteiger partial charge is 0.144 e. The normalized spacial score (nSPS) is 45.8. The van der Waals surface area contributed by atoms with Gasteiger partial charge in [0.2, 0.25) is 0 Å². The number of hydrogen-bond donors (Lipinski definition) is 0. The maximum Gasteiger partial charge on any atom is 0.144 e. The Morgan fingerprint density at radius 2 is 1.95 bits per heavy atom. The highest BCUT2D eigenvalue weighted by Gasteiger charge is 2.62. The van der Waals surface area contributed by atoms with Crippen molar-refractivity contribution in [3.8, 4) is 0 Å². The molecule has 4 saturated carbocycles.